The predicted octanol–water partition coefficient (Wildman–Crippen LogP) is 6.38. The standard InChI is InChI=1S/C30H26N2O2S/c1-22-29(33)32(27-16-18-28(19-17-27)34-21-25-10-6-3-7-11-25)30(35)31(22)26-14-12-24(13-15-26)20-23-8-4-2-5-9-23/h2-19,22H,20-21H2,1H3. The third kappa shape index (κ3) is 4.96. The molecule has 1 aliphatic heterocycles. The van der Waals surface area contributed by atoms with Gasteiger partial charge in [0.1, 0.15) is 18.4 Å². The highest BCUT2D eigenvalue weighted by atomic mass is 32.1. The normalized spacial score (nSPS) is 15.5. The van der Waals surface area contributed by atoms with Gasteiger partial charge in [0.15, 0.2) is 5.11 Å². The summed E-state index contributed by atoms with van der Waals surface area (Å²) >= 11 is 5.77. The van der Waals surface area contributed by atoms with Crippen LogP contribution in [0.5, 0.6) is 5.75 Å². The maximum atomic E-state index is 13.2. The number of nitrogens with zero attached hydrogens (tertiary/aromatic N) is 2. The van der Waals surface area contributed by atoms with E-state index in [4.69, 9.17) is 17.0 Å². The number of amides is 1. The summed E-state index contributed by atoms with van der Waals surface area (Å²) in [4.78, 5) is 16.7. The van der Waals surface area contributed by atoms with Gasteiger partial charge in [-0.2, -0.15) is 0 Å². The molecule has 0 spiro atoms. The number of carbonyl (C=O) groups excluding carboxylic acids is 1. The topological polar surface area (TPSA) is 32.8 Å². The molecule has 1 heterocycles. The molecule has 1 fully saturated rings. The maximum Gasteiger partial charge on any atom is 0.256 e. The molecule has 35 heavy (non-hydrogen) atoms. The van der Waals surface area contributed by atoms with Gasteiger partial charge in [-0.1, -0.05) is 72.8 Å². The van der Waals surface area contributed by atoms with Crippen LogP contribution in [0.1, 0.15) is 23.6 Å². The second-order valence-electron chi connectivity index (χ2n) is 8.60. The molecule has 174 valence electrons. The van der Waals surface area contributed by atoms with Crippen LogP contribution in [0.3, 0.4) is 0 Å². The molecule has 4 aromatic rings. The first kappa shape index (κ1) is 22.8. The second kappa shape index (κ2) is 10.1. The Morgan fingerprint density at radius 2 is 1.26 bits per heavy atom. The Labute approximate surface area is 211 Å². The van der Waals surface area contributed by atoms with E-state index in [-0.39, 0.29) is 11.9 Å². The summed E-state index contributed by atoms with van der Waals surface area (Å²) in [5.74, 6) is 0.704. The lowest BCUT2D eigenvalue weighted by Crippen LogP contribution is -2.33. The van der Waals surface area contributed by atoms with Crippen LogP contribution in [0, 0.1) is 0 Å². The Kier molecular flexibility index (Phi) is 6.59. The van der Waals surface area contributed by atoms with Crippen molar-refractivity contribution < 1.29 is 9.53 Å². The van der Waals surface area contributed by atoms with E-state index < -0.39 is 0 Å². The lowest BCUT2D eigenvalue weighted by atomic mass is 10.0. The van der Waals surface area contributed by atoms with Crippen molar-refractivity contribution in [3.63, 3.8) is 0 Å². The Morgan fingerprint density at radius 3 is 1.89 bits per heavy atom. The molecule has 1 unspecified atom stereocenters. The first-order chi connectivity index (χ1) is 17.1. The molecule has 1 aliphatic rings. The number of benzene rings is 4. The number of hydrogen-bond donors (Lipinski definition) is 0. The average Bonchev–Trinajstić information content (AvgIpc) is 3.12. The van der Waals surface area contributed by atoms with E-state index >= 15 is 0 Å². The van der Waals surface area contributed by atoms with Crippen molar-refractivity contribution >= 4 is 34.6 Å². The van der Waals surface area contributed by atoms with Gasteiger partial charge in [-0.15, -0.1) is 0 Å². The van der Waals surface area contributed by atoms with Gasteiger partial charge in [0, 0.05) is 5.69 Å². The molecule has 4 nitrogen and oxygen atoms in total. The summed E-state index contributed by atoms with van der Waals surface area (Å²) < 4.78 is 5.88. The minimum Gasteiger partial charge on any atom is -0.489 e. The largest absolute Gasteiger partial charge is 0.489 e. The Hall–Kier alpha value is -3.96. The number of ether oxygens (including phenoxy) is 1. The average molecular weight is 479 g/mol. The zero-order valence-corrected chi connectivity index (χ0v) is 20.3. The zero-order valence-electron chi connectivity index (χ0n) is 19.5. The molecule has 1 atom stereocenters. The lowest BCUT2D eigenvalue weighted by molar-refractivity contribution is -0.117. The van der Waals surface area contributed by atoms with Crippen LogP contribution in [0.4, 0.5) is 11.4 Å². The first-order valence-corrected chi connectivity index (χ1v) is 12.1. The van der Waals surface area contributed by atoms with Crippen molar-refractivity contribution in [2.75, 3.05) is 9.80 Å². The van der Waals surface area contributed by atoms with E-state index in [9.17, 15) is 4.79 Å². The van der Waals surface area contributed by atoms with Crippen molar-refractivity contribution in [1.29, 1.82) is 0 Å². The van der Waals surface area contributed by atoms with Crippen molar-refractivity contribution in [2.45, 2.75) is 26.0 Å². The minimum atomic E-state index is -0.378. The summed E-state index contributed by atoms with van der Waals surface area (Å²) in [6.07, 6.45) is 0.866. The van der Waals surface area contributed by atoms with E-state index in [0.29, 0.717) is 11.7 Å². The number of rotatable bonds is 7. The summed E-state index contributed by atoms with van der Waals surface area (Å²) in [5.41, 5.74) is 5.24. The van der Waals surface area contributed by atoms with Gasteiger partial charge < -0.3 is 9.64 Å². The fourth-order valence-corrected chi connectivity index (χ4v) is 4.73. The number of thiocarbonyl (C=S) groups is 1. The van der Waals surface area contributed by atoms with E-state index in [1.807, 2.05) is 84.6 Å². The predicted molar refractivity (Wildman–Crippen MR) is 145 cm³/mol. The molecule has 5 rings (SSSR count). The molecule has 1 saturated heterocycles. The summed E-state index contributed by atoms with van der Waals surface area (Å²) in [5, 5.41) is 0.483. The molecule has 0 aromatic heterocycles. The summed E-state index contributed by atoms with van der Waals surface area (Å²) in [6, 6.07) is 35.8. The van der Waals surface area contributed by atoms with Crippen LogP contribution in [0.15, 0.2) is 109 Å². The lowest BCUT2D eigenvalue weighted by Gasteiger charge is -2.22. The third-order valence-electron chi connectivity index (χ3n) is 6.17. The van der Waals surface area contributed by atoms with Gasteiger partial charge in [-0.25, -0.2) is 0 Å². The molecular formula is C30H26N2O2S. The molecule has 0 radical (unpaired) electrons. The van der Waals surface area contributed by atoms with E-state index in [0.717, 1.165) is 29.1 Å². The highest BCUT2D eigenvalue weighted by molar-refractivity contribution is 7.81. The van der Waals surface area contributed by atoms with Crippen LogP contribution in [-0.4, -0.2) is 17.1 Å². The molecule has 0 bridgehead atoms. The van der Waals surface area contributed by atoms with Crippen LogP contribution in [0.2, 0.25) is 0 Å². The van der Waals surface area contributed by atoms with Gasteiger partial charge in [-0.3, -0.25) is 9.69 Å². The van der Waals surface area contributed by atoms with Gasteiger partial charge in [0.05, 0.1) is 5.69 Å². The van der Waals surface area contributed by atoms with Crippen LogP contribution >= 0.6 is 12.2 Å². The van der Waals surface area contributed by atoms with Crippen molar-refractivity contribution in [3.8, 4) is 5.75 Å². The van der Waals surface area contributed by atoms with E-state index in [1.54, 1.807) is 4.90 Å². The monoisotopic (exact) mass is 478 g/mol. The molecule has 1 amide bonds. The number of carbonyl (C=O) groups is 1. The highest BCUT2D eigenvalue weighted by Gasteiger charge is 2.41. The molecule has 4 aromatic carbocycles. The fraction of sp³-hybridized carbons (Fsp3) is 0.133. The quantitative estimate of drug-likeness (QED) is 0.289. The zero-order chi connectivity index (χ0) is 24.2. The van der Waals surface area contributed by atoms with Gasteiger partial charge in [-0.05, 0) is 78.7 Å². The third-order valence-corrected chi connectivity index (χ3v) is 6.55. The Balaban J connectivity index is 1.28. The first-order valence-electron chi connectivity index (χ1n) is 11.7. The van der Waals surface area contributed by atoms with Crippen molar-refractivity contribution in [1.82, 2.24) is 0 Å². The molecule has 5 heteroatoms. The van der Waals surface area contributed by atoms with Gasteiger partial charge in [0.25, 0.3) is 5.91 Å². The van der Waals surface area contributed by atoms with E-state index in [2.05, 4.69) is 36.4 Å². The Morgan fingerprint density at radius 1 is 0.714 bits per heavy atom. The minimum absolute atomic E-state index is 0.0404. The summed E-state index contributed by atoms with van der Waals surface area (Å²) in [7, 11) is 0. The van der Waals surface area contributed by atoms with Gasteiger partial charge in [0.2, 0.25) is 0 Å². The number of anilines is 2. The molecular weight excluding hydrogens is 452 g/mol. The highest BCUT2D eigenvalue weighted by Crippen LogP contribution is 2.31. The maximum absolute atomic E-state index is 13.2. The van der Waals surface area contributed by atoms with Crippen LogP contribution in [0.25, 0.3) is 0 Å². The van der Waals surface area contributed by atoms with Crippen molar-refractivity contribution in [3.05, 3.63) is 126 Å². The number of hydrogen-bond acceptors (Lipinski definition) is 3. The Bertz CT molecular complexity index is 1310. The molecule has 0 saturated carbocycles. The smallest absolute Gasteiger partial charge is 0.256 e. The molecule has 0 N–H and O–H groups in total. The van der Waals surface area contributed by atoms with Crippen LogP contribution < -0.4 is 14.5 Å². The molecule has 0 aliphatic carbocycles. The van der Waals surface area contributed by atoms with E-state index in [1.165, 1.54) is 11.1 Å². The van der Waals surface area contributed by atoms with Crippen LogP contribution in [-0.2, 0) is 17.8 Å². The second-order valence-corrected chi connectivity index (χ2v) is 8.96. The SMILES string of the molecule is CC1C(=O)N(c2ccc(OCc3ccccc3)cc2)C(=S)N1c1ccc(Cc2ccccc2)cc1. The van der Waals surface area contributed by atoms with Crippen molar-refractivity contribution in [2.24, 2.45) is 0 Å². The summed E-state index contributed by atoms with van der Waals surface area (Å²) in [6.45, 7) is 2.39. The fourth-order valence-electron chi connectivity index (χ4n) is 4.27. The van der Waals surface area contributed by atoms with Gasteiger partial charge >= 0.3 is 0 Å².